The molecule has 28 heavy (non-hydrogen) atoms. The van der Waals surface area contributed by atoms with Gasteiger partial charge in [0, 0.05) is 36.3 Å². The van der Waals surface area contributed by atoms with Crippen LogP contribution in [0.1, 0.15) is 42.0 Å². The van der Waals surface area contributed by atoms with E-state index in [-0.39, 0.29) is 11.9 Å². The summed E-state index contributed by atoms with van der Waals surface area (Å²) in [6, 6.07) is 15.5. The maximum atomic E-state index is 13.3. The Morgan fingerprint density at radius 3 is 2.71 bits per heavy atom. The maximum absolute atomic E-state index is 13.3. The van der Waals surface area contributed by atoms with Crippen LogP contribution in [-0.2, 0) is 11.2 Å². The van der Waals surface area contributed by atoms with Gasteiger partial charge < -0.3 is 14.5 Å². The van der Waals surface area contributed by atoms with Gasteiger partial charge in [0.25, 0.3) is 0 Å². The number of likely N-dealkylation sites (tertiary alicyclic amines) is 1. The van der Waals surface area contributed by atoms with Crippen molar-refractivity contribution in [1.29, 1.82) is 0 Å². The fourth-order valence-electron chi connectivity index (χ4n) is 5.57. The highest BCUT2D eigenvalue weighted by atomic mass is 16.5. The minimum Gasteiger partial charge on any atom is -0.497 e. The lowest BCUT2D eigenvalue weighted by Crippen LogP contribution is -2.45. The summed E-state index contributed by atoms with van der Waals surface area (Å²) in [5.41, 5.74) is 4.91. The highest BCUT2D eigenvalue weighted by Gasteiger charge is 2.49. The molecule has 2 aromatic carbocycles. The van der Waals surface area contributed by atoms with E-state index < -0.39 is 0 Å². The molecule has 146 valence electrons. The van der Waals surface area contributed by atoms with Crippen molar-refractivity contribution in [3.05, 3.63) is 59.2 Å². The molecule has 0 radical (unpaired) electrons. The van der Waals surface area contributed by atoms with Gasteiger partial charge in [-0.25, -0.2) is 0 Å². The molecule has 4 heteroatoms. The molecule has 0 saturated carbocycles. The van der Waals surface area contributed by atoms with E-state index in [0.29, 0.717) is 18.4 Å². The number of ether oxygens (including phenoxy) is 1. The van der Waals surface area contributed by atoms with Crippen molar-refractivity contribution < 1.29 is 9.53 Å². The Morgan fingerprint density at radius 2 is 1.93 bits per heavy atom. The number of amides is 1. The first-order chi connectivity index (χ1) is 13.7. The zero-order chi connectivity index (χ0) is 19.3. The van der Waals surface area contributed by atoms with E-state index in [0.717, 1.165) is 30.8 Å². The summed E-state index contributed by atoms with van der Waals surface area (Å²) < 4.78 is 5.52. The van der Waals surface area contributed by atoms with Gasteiger partial charge in [-0.3, -0.25) is 4.79 Å². The van der Waals surface area contributed by atoms with Gasteiger partial charge in [-0.2, -0.15) is 0 Å². The van der Waals surface area contributed by atoms with E-state index >= 15 is 0 Å². The second-order valence-corrected chi connectivity index (χ2v) is 8.47. The van der Waals surface area contributed by atoms with E-state index in [9.17, 15) is 4.79 Å². The molecule has 3 heterocycles. The van der Waals surface area contributed by atoms with Crippen LogP contribution in [0.25, 0.3) is 0 Å². The summed E-state index contributed by atoms with van der Waals surface area (Å²) in [5, 5.41) is 0. The Kier molecular flexibility index (Phi) is 4.30. The number of hydrogen-bond acceptors (Lipinski definition) is 3. The number of aryl methyl sites for hydroxylation is 1. The van der Waals surface area contributed by atoms with Crippen LogP contribution in [0.4, 0.5) is 5.69 Å². The second kappa shape index (κ2) is 6.84. The van der Waals surface area contributed by atoms with Crippen molar-refractivity contribution in [1.82, 2.24) is 4.90 Å². The SMILES string of the molecule is COc1ccc2c(c1)[C@H]1[C@H](CCN1C(=O)Cc1ccc(C)cc1)[C@H]1CCCN21. The van der Waals surface area contributed by atoms with Gasteiger partial charge in [-0.1, -0.05) is 29.8 Å². The molecule has 0 unspecified atom stereocenters. The number of hydrogen-bond donors (Lipinski definition) is 0. The Labute approximate surface area is 167 Å². The quantitative estimate of drug-likeness (QED) is 0.808. The average molecular weight is 377 g/mol. The normalized spacial score (nSPS) is 25.3. The van der Waals surface area contributed by atoms with Gasteiger partial charge in [0.1, 0.15) is 5.75 Å². The van der Waals surface area contributed by atoms with Crippen LogP contribution in [0.3, 0.4) is 0 Å². The molecular weight excluding hydrogens is 348 g/mol. The Bertz CT molecular complexity index is 892. The predicted octanol–water partition coefficient (Wildman–Crippen LogP) is 4.12. The maximum Gasteiger partial charge on any atom is 0.227 e. The number of methoxy groups -OCH3 is 1. The third kappa shape index (κ3) is 2.78. The highest BCUT2D eigenvalue weighted by Crippen LogP contribution is 2.52. The molecular formula is C24H28N2O2. The van der Waals surface area contributed by atoms with E-state index in [2.05, 4.69) is 59.2 Å². The molecule has 0 bridgehead atoms. The van der Waals surface area contributed by atoms with Crippen molar-refractivity contribution in [3.63, 3.8) is 0 Å². The molecule has 1 amide bonds. The van der Waals surface area contributed by atoms with Crippen LogP contribution in [0.5, 0.6) is 5.75 Å². The van der Waals surface area contributed by atoms with Crippen molar-refractivity contribution in [3.8, 4) is 5.75 Å². The lowest BCUT2D eigenvalue weighted by Gasteiger charge is -2.43. The number of rotatable bonds is 3. The van der Waals surface area contributed by atoms with Crippen molar-refractivity contribution in [2.75, 3.05) is 25.1 Å². The summed E-state index contributed by atoms with van der Waals surface area (Å²) in [4.78, 5) is 18.0. The first-order valence-corrected chi connectivity index (χ1v) is 10.5. The molecule has 0 aromatic heterocycles. The lowest BCUT2D eigenvalue weighted by atomic mass is 9.81. The number of carbonyl (C=O) groups is 1. The second-order valence-electron chi connectivity index (χ2n) is 8.47. The number of benzene rings is 2. The minimum absolute atomic E-state index is 0.183. The third-order valence-corrected chi connectivity index (χ3v) is 6.90. The fraction of sp³-hybridized carbons (Fsp3) is 0.458. The van der Waals surface area contributed by atoms with Crippen molar-refractivity contribution >= 4 is 11.6 Å². The van der Waals surface area contributed by atoms with Crippen LogP contribution < -0.4 is 9.64 Å². The molecule has 5 rings (SSSR count). The van der Waals surface area contributed by atoms with Gasteiger partial charge >= 0.3 is 0 Å². The average Bonchev–Trinajstić information content (AvgIpc) is 3.36. The zero-order valence-electron chi connectivity index (χ0n) is 16.7. The number of carbonyl (C=O) groups excluding carboxylic acids is 1. The van der Waals surface area contributed by atoms with Gasteiger partial charge in [0.2, 0.25) is 5.91 Å². The van der Waals surface area contributed by atoms with Gasteiger partial charge in [0.05, 0.1) is 19.6 Å². The highest BCUT2D eigenvalue weighted by molar-refractivity contribution is 5.80. The molecule has 0 aliphatic carbocycles. The smallest absolute Gasteiger partial charge is 0.227 e. The van der Waals surface area contributed by atoms with E-state index in [1.807, 2.05) is 0 Å². The van der Waals surface area contributed by atoms with Crippen LogP contribution >= 0.6 is 0 Å². The Balaban J connectivity index is 1.49. The zero-order valence-corrected chi connectivity index (χ0v) is 16.7. The van der Waals surface area contributed by atoms with Crippen LogP contribution in [-0.4, -0.2) is 37.0 Å². The summed E-state index contributed by atoms with van der Waals surface area (Å²) in [7, 11) is 1.72. The van der Waals surface area contributed by atoms with E-state index in [4.69, 9.17) is 4.74 Å². The fourth-order valence-corrected chi connectivity index (χ4v) is 5.57. The van der Waals surface area contributed by atoms with Crippen LogP contribution in [0.2, 0.25) is 0 Å². The molecule has 2 fully saturated rings. The molecule has 3 atom stereocenters. The molecule has 2 saturated heterocycles. The summed E-state index contributed by atoms with van der Waals surface area (Å²) in [6.45, 7) is 4.07. The van der Waals surface area contributed by atoms with E-state index in [1.54, 1.807) is 7.11 Å². The van der Waals surface area contributed by atoms with Gasteiger partial charge in [-0.05, 0) is 49.9 Å². The van der Waals surface area contributed by atoms with Crippen LogP contribution in [0, 0.1) is 12.8 Å². The molecule has 3 aliphatic heterocycles. The minimum atomic E-state index is 0.183. The number of anilines is 1. The monoisotopic (exact) mass is 376 g/mol. The van der Waals surface area contributed by atoms with Crippen molar-refractivity contribution in [2.45, 2.75) is 44.7 Å². The predicted molar refractivity (Wildman–Crippen MR) is 111 cm³/mol. The topological polar surface area (TPSA) is 32.8 Å². The first-order valence-electron chi connectivity index (χ1n) is 10.5. The van der Waals surface area contributed by atoms with E-state index in [1.165, 1.54) is 29.7 Å². The molecule has 0 spiro atoms. The third-order valence-electron chi connectivity index (χ3n) is 6.90. The first kappa shape index (κ1) is 17.6. The molecule has 2 aromatic rings. The largest absolute Gasteiger partial charge is 0.497 e. The molecule has 3 aliphatic rings. The lowest BCUT2D eigenvalue weighted by molar-refractivity contribution is -0.131. The number of fused-ring (bicyclic) bond motifs is 6. The Hall–Kier alpha value is -2.49. The van der Waals surface area contributed by atoms with Gasteiger partial charge in [-0.15, -0.1) is 0 Å². The van der Waals surface area contributed by atoms with Gasteiger partial charge in [0.15, 0.2) is 0 Å². The summed E-state index contributed by atoms with van der Waals surface area (Å²) in [6.07, 6.45) is 4.07. The molecule has 0 N–H and O–H groups in total. The van der Waals surface area contributed by atoms with Crippen LogP contribution in [0.15, 0.2) is 42.5 Å². The number of nitrogens with zero attached hydrogens (tertiary/aromatic N) is 2. The Morgan fingerprint density at radius 1 is 1.11 bits per heavy atom. The standard InChI is InChI=1S/C24H28N2O2/c1-16-5-7-17(8-6-16)14-23(27)26-13-11-19-21-4-3-12-25(21)22-10-9-18(28-2)15-20(22)24(19)26/h5-10,15,19,21,24H,3-4,11-14H2,1-2H3/t19-,21-,24-/m1/s1. The van der Waals surface area contributed by atoms with Crippen molar-refractivity contribution in [2.24, 2.45) is 5.92 Å². The summed E-state index contributed by atoms with van der Waals surface area (Å²) in [5.74, 6) is 1.66. The summed E-state index contributed by atoms with van der Waals surface area (Å²) >= 11 is 0. The molecule has 4 nitrogen and oxygen atoms in total.